The first-order valence-corrected chi connectivity index (χ1v) is 9.40. The minimum atomic E-state index is -0.438. The number of hydrogen-bond donors (Lipinski definition) is 1. The summed E-state index contributed by atoms with van der Waals surface area (Å²) < 4.78 is 6.08. The van der Waals surface area contributed by atoms with Crippen LogP contribution in [0.5, 0.6) is 0 Å². The number of nitrogens with one attached hydrogen (secondary N) is 1. The molecule has 0 radical (unpaired) electrons. The Morgan fingerprint density at radius 1 is 1.09 bits per heavy atom. The summed E-state index contributed by atoms with van der Waals surface area (Å²) in [4.78, 5) is 26.6. The molecule has 130 valence electrons. The molecule has 3 atom stereocenters. The summed E-state index contributed by atoms with van der Waals surface area (Å²) in [6, 6.07) is 0.299. The summed E-state index contributed by atoms with van der Waals surface area (Å²) in [6.07, 6.45) is 11.1. The molecule has 2 amide bonds. The number of nitrogens with zero attached hydrogens (tertiary/aromatic N) is 1. The zero-order valence-electron chi connectivity index (χ0n) is 14.3. The van der Waals surface area contributed by atoms with Crippen LogP contribution < -0.4 is 5.32 Å². The fourth-order valence-corrected chi connectivity index (χ4v) is 4.38. The van der Waals surface area contributed by atoms with E-state index in [4.69, 9.17) is 4.74 Å². The van der Waals surface area contributed by atoms with Crippen LogP contribution in [0.4, 0.5) is 0 Å². The molecule has 0 bridgehead atoms. The van der Waals surface area contributed by atoms with Crippen LogP contribution in [-0.2, 0) is 14.3 Å². The molecule has 0 aromatic heterocycles. The maximum Gasteiger partial charge on any atom is 0.252 e. The normalized spacial score (nSPS) is 31.0. The monoisotopic (exact) mass is 322 g/mol. The maximum absolute atomic E-state index is 12.9. The second-order valence-electron chi connectivity index (χ2n) is 7.38. The molecule has 2 saturated carbocycles. The van der Waals surface area contributed by atoms with E-state index in [1.54, 1.807) is 4.90 Å². The van der Waals surface area contributed by atoms with Gasteiger partial charge in [0.05, 0.1) is 18.7 Å². The van der Waals surface area contributed by atoms with Crippen LogP contribution in [0.15, 0.2) is 0 Å². The van der Waals surface area contributed by atoms with Gasteiger partial charge < -0.3 is 15.0 Å². The lowest BCUT2D eigenvalue weighted by molar-refractivity contribution is -0.156. The first-order valence-electron chi connectivity index (χ1n) is 9.40. The van der Waals surface area contributed by atoms with Crippen molar-refractivity contribution in [1.29, 1.82) is 0 Å². The minimum Gasteiger partial charge on any atom is -0.365 e. The average molecular weight is 322 g/mol. The topological polar surface area (TPSA) is 58.6 Å². The van der Waals surface area contributed by atoms with E-state index in [9.17, 15) is 9.59 Å². The van der Waals surface area contributed by atoms with Gasteiger partial charge in [-0.05, 0) is 32.6 Å². The van der Waals surface area contributed by atoms with Gasteiger partial charge in [-0.2, -0.15) is 0 Å². The Morgan fingerprint density at radius 3 is 2.48 bits per heavy atom. The third-order valence-electron chi connectivity index (χ3n) is 5.62. The van der Waals surface area contributed by atoms with Crippen LogP contribution in [-0.4, -0.2) is 47.6 Å². The highest BCUT2D eigenvalue weighted by Crippen LogP contribution is 2.27. The molecule has 23 heavy (non-hydrogen) atoms. The van der Waals surface area contributed by atoms with Crippen molar-refractivity contribution in [3.05, 3.63) is 0 Å². The molecular weight excluding hydrogens is 292 g/mol. The van der Waals surface area contributed by atoms with Crippen molar-refractivity contribution >= 4 is 11.8 Å². The summed E-state index contributed by atoms with van der Waals surface area (Å²) in [5, 5.41) is 3.06. The summed E-state index contributed by atoms with van der Waals surface area (Å²) in [7, 11) is 0. The van der Waals surface area contributed by atoms with Gasteiger partial charge >= 0.3 is 0 Å². The van der Waals surface area contributed by atoms with Crippen molar-refractivity contribution in [2.75, 3.05) is 6.54 Å². The number of hydrogen-bond acceptors (Lipinski definition) is 3. The molecule has 1 heterocycles. The van der Waals surface area contributed by atoms with Gasteiger partial charge in [0, 0.05) is 6.04 Å². The average Bonchev–Trinajstić information content (AvgIpc) is 2.82. The second-order valence-corrected chi connectivity index (χ2v) is 7.38. The summed E-state index contributed by atoms with van der Waals surface area (Å²) in [6.45, 7) is 2.05. The van der Waals surface area contributed by atoms with Crippen molar-refractivity contribution < 1.29 is 14.3 Å². The van der Waals surface area contributed by atoms with Crippen molar-refractivity contribution in [1.82, 2.24) is 10.2 Å². The fraction of sp³-hybridized carbons (Fsp3) is 0.889. The largest absolute Gasteiger partial charge is 0.365 e. The smallest absolute Gasteiger partial charge is 0.252 e. The minimum absolute atomic E-state index is 0.000923. The Labute approximate surface area is 139 Å². The Hall–Kier alpha value is -1.10. The number of carbonyl (C=O) groups is 2. The quantitative estimate of drug-likeness (QED) is 0.812. The fourth-order valence-electron chi connectivity index (χ4n) is 4.38. The zero-order valence-corrected chi connectivity index (χ0v) is 14.3. The zero-order chi connectivity index (χ0) is 16.2. The van der Waals surface area contributed by atoms with E-state index in [1.807, 2.05) is 6.92 Å². The number of ether oxygens (including phenoxy) is 1. The second kappa shape index (κ2) is 7.65. The van der Waals surface area contributed by atoms with E-state index >= 15 is 0 Å². The van der Waals surface area contributed by atoms with Gasteiger partial charge in [-0.3, -0.25) is 9.59 Å². The van der Waals surface area contributed by atoms with Gasteiger partial charge in [-0.1, -0.05) is 38.5 Å². The molecule has 0 spiro atoms. The van der Waals surface area contributed by atoms with Gasteiger partial charge in [-0.15, -0.1) is 0 Å². The maximum atomic E-state index is 12.9. The Balaban J connectivity index is 1.61. The molecule has 0 aromatic carbocycles. The summed E-state index contributed by atoms with van der Waals surface area (Å²) >= 11 is 0. The lowest BCUT2D eigenvalue weighted by Crippen LogP contribution is -2.64. The van der Waals surface area contributed by atoms with Crippen LogP contribution in [0, 0.1) is 0 Å². The van der Waals surface area contributed by atoms with Gasteiger partial charge in [0.1, 0.15) is 6.10 Å². The lowest BCUT2D eigenvalue weighted by atomic mass is 9.87. The van der Waals surface area contributed by atoms with Crippen molar-refractivity contribution in [3.63, 3.8) is 0 Å². The van der Waals surface area contributed by atoms with Gasteiger partial charge in [0.15, 0.2) is 0 Å². The molecule has 1 saturated heterocycles. The molecular formula is C18H30N2O3. The van der Waals surface area contributed by atoms with Gasteiger partial charge in [0.2, 0.25) is 5.91 Å². The van der Waals surface area contributed by atoms with Crippen LogP contribution in [0.1, 0.15) is 71.1 Å². The lowest BCUT2D eigenvalue weighted by Gasteiger charge is -2.44. The predicted molar refractivity (Wildman–Crippen MR) is 87.9 cm³/mol. The van der Waals surface area contributed by atoms with Crippen LogP contribution in [0.3, 0.4) is 0 Å². The molecule has 3 aliphatic rings. The Kier molecular flexibility index (Phi) is 5.57. The number of carbonyl (C=O) groups excluding carboxylic acids is 2. The number of fused-ring (bicyclic) bond motifs is 1. The molecule has 0 aromatic rings. The molecule has 3 rings (SSSR count). The van der Waals surface area contributed by atoms with Crippen LogP contribution >= 0.6 is 0 Å². The standard InChI is InChI=1S/C18H30N2O3/c1-13(23-14-8-4-2-3-5-9-14)18(22)20-12-17(21)19-15-10-6-7-11-16(15)20/h13-16H,2-12H2,1H3,(H,19,21)/t13-,15-,16+/m0/s1. The number of piperazine rings is 1. The highest BCUT2D eigenvalue weighted by molar-refractivity contribution is 5.88. The van der Waals surface area contributed by atoms with Gasteiger partial charge in [0.25, 0.3) is 5.91 Å². The Morgan fingerprint density at radius 2 is 1.74 bits per heavy atom. The molecule has 5 heteroatoms. The Bertz CT molecular complexity index is 432. The van der Waals surface area contributed by atoms with Crippen molar-refractivity contribution in [2.24, 2.45) is 0 Å². The van der Waals surface area contributed by atoms with E-state index in [-0.39, 0.29) is 36.5 Å². The summed E-state index contributed by atoms with van der Waals surface area (Å²) in [5.41, 5.74) is 0. The number of amides is 2. The van der Waals surface area contributed by atoms with Crippen LogP contribution in [0.2, 0.25) is 0 Å². The first kappa shape index (κ1) is 16.7. The number of rotatable bonds is 3. The van der Waals surface area contributed by atoms with Crippen molar-refractivity contribution in [2.45, 2.75) is 95.4 Å². The highest BCUT2D eigenvalue weighted by atomic mass is 16.5. The van der Waals surface area contributed by atoms with Crippen LogP contribution in [0.25, 0.3) is 0 Å². The molecule has 0 unspecified atom stereocenters. The summed E-state index contributed by atoms with van der Waals surface area (Å²) in [5.74, 6) is -0.0239. The highest BCUT2D eigenvalue weighted by Gasteiger charge is 2.40. The van der Waals surface area contributed by atoms with E-state index in [1.165, 1.54) is 25.7 Å². The molecule has 5 nitrogen and oxygen atoms in total. The molecule has 1 N–H and O–H groups in total. The van der Waals surface area contributed by atoms with Gasteiger partial charge in [-0.25, -0.2) is 0 Å². The third kappa shape index (κ3) is 4.06. The van der Waals surface area contributed by atoms with E-state index in [0.717, 1.165) is 38.5 Å². The van der Waals surface area contributed by atoms with Crippen molar-refractivity contribution in [3.8, 4) is 0 Å². The van der Waals surface area contributed by atoms with E-state index in [2.05, 4.69) is 5.32 Å². The predicted octanol–water partition coefficient (Wildman–Crippen LogP) is 2.38. The third-order valence-corrected chi connectivity index (χ3v) is 5.62. The van der Waals surface area contributed by atoms with E-state index in [0.29, 0.717) is 0 Å². The SMILES string of the molecule is C[C@H](OC1CCCCCC1)C(=O)N1CC(=O)N[C@H]2CCCC[C@H]21. The first-order chi connectivity index (χ1) is 11.1. The molecule has 2 aliphatic carbocycles. The van der Waals surface area contributed by atoms with E-state index < -0.39 is 6.10 Å². The molecule has 1 aliphatic heterocycles. The molecule has 3 fully saturated rings.